The van der Waals surface area contributed by atoms with Crippen molar-refractivity contribution in [2.75, 3.05) is 18.5 Å². The van der Waals surface area contributed by atoms with Gasteiger partial charge in [-0.1, -0.05) is 6.08 Å². The minimum atomic E-state index is -0.554. The Morgan fingerprint density at radius 2 is 2.41 bits per heavy atom. The Hall–Kier alpha value is -2.18. The van der Waals surface area contributed by atoms with Gasteiger partial charge in [-0.15, -0.1) is 6.58 Å². The molecular weight excluding hydrogens is 224 g/mol. The number of hydrogen-bond donors (Lipinski definition) is 1. The summed E-state index contributed by atoms with van der Waals surface area (Å²) in [6, 6.07) is 0. The van der Waals surface area contributed by atoms with Gasteiger partial charge in [0.2, 0.25) is 5.82 Å². The molecule has 17 heavy (non-hydrogen) atoms. The van der Waals surface area contributed by atoms with Crippen LogP contribution in [0.5, 0.6) is 5.88 Å². The highest BCUT2D eigenvalue weighted by atomic mass is 16.6. The number of nitrogens with one attached hydrogen (secondary N) is 1. The fourth-order valence-corrected chi connectivity index (χ4v) is 1.17. The Labute approximate surface area is 98.7 Å². The molecule has 0 bridgehead atoms. The van der Waals surface area contributed by atoms with E-state index >= 15 is 0 Å². The largest absolute Gasteiger partial charge is 0.472 e. The quantitative estimate of drug-likeness (QED) is 0.337. The van der Waals surface area contributed by atoms with Gasteiger partial charge in [0.1, 0.15) is 6.33 Å². The molecule has 0 radical (unpaired) electrons. The van der Waals surface area contributed by atoms with Crippen molar-refractivity contribution in [3.05, 3.63) is 29.1 Å². The van der Waals surface area contributed by atoms with E-state index in [9.17, 15) is 10.1 Å². The van der Waals surface area contributed by atoms with Crippen molar-refractivity contribution in [3.63, 3.8) is 0 Å². The summed E-state index contributed by atoms with van der Waals surface area (Å²) in [7, 11) is 0. The van der Waals surface area contributed by atoms with Gasteiger partial charge >= 0.3 is 5.69 Å². The van der Waals surface area contributed by atoms with Crippen molar-refractivity contribution in [2.24, 2.45) is 0 Å². The van der Waals surface area contributed by atoms with Gasteiger partial charge in [0.05, 0.1) is 11.5 Å². The Balaban J connectivity index is 2.97. The zero-order valence-electron chi connectivity index (χ0n) is 9.55. The van der Waals surface area contributed by atoms with E-state index in [-0.39, 0.29) is 17.4 Å². The van der Waals surface area contributed by atoms with E-state index in [0.29, 0.717) is 19.6 Å². The normalized spacial score (nSPS) is 9.71. The number of hydrogen-bond acceptors (Lipinski definition) is 6. The van der Waals surface area contributed by atoms with E-state index in [1.54, 1.807) is 6.08 Å². The van der Waals surface area contributed by atoms with E-state index in [0.717, 1.165) is 0 Å². The van der Waals surface area contributed by atoms with Crippen molar-refractivity contribution >= 4 is 11.5 Å². The maximum absolute atomic E-state index is 10.9. The van der Waals surface area contributed by atoms with Crippen molar-refractivity contribution in [2.45, 2.75) is 13.3 Å². The summed E-state index contributed by atoms with van der Waals surface area (Å²) in [4.78, 5) is 18.0. The van der Waals surface area contributed by atoms with Gasteiger partial charge in [0.25, 0.3) is 5.88 Å². The van der Waals surface area contributed by atoms with E-state index in [4.69, 9.17) is 4.74 Å². The molecule has 1 heterocycles. The van der Waals surface area contributed by atoms with Crippen LogP contribution in [0.4, 0.5) is 11.5 Å². The van der Waals surface area contributed by atoms with Gasteiger partial charge in [0, 0.05) is 6.54 Å². The van der Waals surface area contributed by atoms with Gasteiger partial charge < -0.3 is 10.1 Å². The number of aromatic nitrogens is 2. The average Bonchev–Trinajstić information content (AvgIpc) is 2.29. The molecule has 0 aromatic carbocycles. The second-order valence-electron chi connectivity index (χ2n) is 3.09. The van der Waals surface area contributed by atoms with Crippen LogP contribution in [-0.4, -0.2) is 28.0 Å². The highest BCUT2D eigenvalue weighted by molar-refractivity contribution is 5.60. The smallest absolute Gasteiger partial charge is 0.372 e. The third kappa shape index (κ3) is 3.40. The fraction of sp³-hybridized carbons (Fsp3) is 0.400. The second-order valence-corrected chi connectivity index (χ2v) is 3.09. The molecule has 0 aliphatic carbocycles. The van der Waals surface area contributed by atoms with E-state index in [1.165, 1.54) is 6.33 Å². The van der Waals surface area contributed by atoms with Gasteiger partial charge in [0.15, 0.2) is 0 Å². The second kappa shape index (κ2) is 6.41. The van der Waals surface area contributed by atoms with Crippen LogP contribution in [0.2, 0.25) is 0 Å². The van der Waals surface area contributed by atoms with Crippen LogP contribution in [0.3, 0.4) is 0 Å². The minimum Gasteiger partial charge on any atom is -0.472 e. The van der Waals surface area contributed by atoms with Crippen molar-refractivity contribution in [3.8, 4) is 5.88 Å². The van der Waals surface area contributed by atoms with E-state index in [1.807, 2.05) is 6.92 Å². The molecule has 7 nitrogen and oxygen atoms in total. The molecule has 0 spiro atoms. The molecule has 0 aliphatic rings. The maximum atomic E-state index is 10.9. The molecule has 0 fully saturated rings. The number of nitrogens with zero attached hydrogens (tertiary/aromatic N) is 3. The molecule has 0 unspecified atom stereocenters. The molecule has 0 aliphatic heterocycles. The minimum absolute atomic E-state index is 0.0252. The van der Waals surface area contributed by atoms with Crippen LogP contribution >= 0.6 is 0 Å². The lowest BCUT2D eigenvalue weighted by atomic mass is 10.4. The lowest BCUT2D eigenvalue weighted by Gasteiger charge is -2.07. The number of ether oxygens (including phenoxy) is 1. The Bertz CT molecular complexity index is 409. The molecule has 0 saturated carbocycles. The number of anilines is 1. The Morgan fingerprint density at radius 3 is 3.00 bits per heavy atom. The summed E-state index contributed by atoms with van der Waals surface area (Å²) >= 11 is 0. The Kier molecular flexibility index (Phi) is 4.86. The summed E-state index contributed by atoms with van der Waals surface area (Å²) in [6.07, 6.45) is 3.49. The first kappa shape index (κ1) is 12.9. The molecule has 1 rings (SSSR count). The molecule has 1 N–H and O–H groups in total. The summed E-state index contributed by atoms with van der Waals surface area (Å²) in [5.74, 6) is 0.143. The zero-order valence-corrected chi connectivity index (χ0v) is 9.55. The first-order valence-electron chi connectivity index (χ1n) is 5.17. The molecule has 1 aromatic rings. The first-order valence-corrected chi connectivity index (χ1v) is 5.17. The van der Waals surface area contributed by atoms with Crippen LogP contribution in [0.15, 0.2) is 19.0 Å². The van der Waals surface area contributed by atoms with Crippen LogP contribution in [0, 0.1) is 10.1 Å². The molecule has 92 valence electrons. The third-order valence-electron chi connectivity index (χ3n) is 1.88. The molecule has 1 aromatic heterocycles. The maximum Gasteiger partial charge on any atom is 0.372 e. The number of rotatable bonds is 7. The predicted octanol–water partition coefficient (Wildman–Crippen LogP) is 1.77. The van der Waals surface area contributed by atoms with Crippen LogP contribution < -0.4 is 10.1 Å². The molecule has 0 saturated heterocycles. The summed E-state index contributed by atoms with van der Waals surface area (Å²) in [6.45, 7) is 6.19. The first-order chi connectivity index (χ1) is 8.20. The standard InChI is InChI=1S/C10H14N4O3/c1-3-5-6-17-10-8(14(15)16)9(11-4-2)12-7-13-10/h3,7H,1,4-6H2,2H3,(H,11,12,13). The lowest BCUT2D eigenvalue weighted by molar-refractivity contribution is -0.385. The van der Waals surface area contributed by atoms with Gasteiger partial charge in [-0.3, -0.25) is 10.1 Å². The average molecular weight is 238 g/mol. The van der Waals surface area contributed by atoms with Crippen LogP contribution in [0.1, 0.15) is 13.3 Å². The highest BCUT2D eigenvalue weighted by Crippen LogP contribution is 2.30. The fourth-order valence-electron chi connectivity index (χ4n) is 1.17. The van der Waals surface area contributed by atoms with Crippen molar-refractivity contribution < 1.29 is 9.66 Å². The highest BCUT2D eigenvalue weighted by Gasteiger charge is 2.23. The van der Waals surface area contributed by atoms with Crippen molar-refractivity contribution in [1.29, 1.82) is 0 Å². The summed E-state index contributed by atoms with van der Waals surface area (Å²) in [5, 5.41) is 13.7. The van der Waals surface area contributed by atoms with E-state index < -0.39 is 4.92 Å². The Morgan fingerprint density at radius 1 is 1.65 bits per heavy atom. The monoisotopic (exact) mass is 238 g/mol. The lowest BCUT2D eigenvalue weighted by Crippen LogP contribution is -2.08. The van der Waals surface area contributed by atoms with Gasteiger partial charge in [-0.05, 0) is 13.3 Å². The van der Waals surface area contributed by atoms with E-state index in [2.05, 4.69) is 21.9 Å². The molecule has 7 heteroatoms. The molecular formula is C10H14N4O3. The summed E-state index contributed by atoms with van der Waals surface area (Å²) < 4.78 is 5.22. The molecule has 0 atom stereocenters. The van der Waals surface area contributed by atoms with Crippen molar-refractivity contribution in [1.82, 2.24) is 9.97 Å². The van der Waals surface area contributed by atoms with Gasteiger partial charge in [-0.25, -0.2) is 4.98 Å². The van der Waals surface area contributed by atoms with Crippen LogP contribution in [0.25, 0.3) is 0 Å². The third-order valence-corrected chi connectivity index (χ3v) is 1.88. The van der Waals surface area contributed by atoms with Crippen LogP contribution in [-0.2, 0) is 0 Å². The topological polar surface area (TPSA) is 90.2 Å². The number of nitro groups is 1. The predicted molar refractivity (Wildman–Crippen MR) is 63.2 cm³/mol. The molecule has 0 amide bonds. The van der Waals surface area contributed by atoms with Gasteiger partial charge in [-0.2, -0.15) is 4.98 Å². The zero-order chi connectivity index (χ0) is 12.7. The SMILES string of the molecule is C=CCCOc1ncnc(NCC)c1[N+](=O)[O-]. The summed E-state index contributed by atoms with van der Waals surface area (Å²) in [5.41, 5.74) is -0.238.